The van der Waals surface area contributed by atoms with Gasteiger partial charge in [-0.1, -0.05) is 66.2 Å². The van der Waals surface area contributed by atoms with Crippen LogP contribution >= 0.6 is 11.6 Å². The molecule has 0 saturated carbocycles. The van der Waals surface area contributed by atoms with Crippen LogP contribution < -0.4 is 14.9 Å². The monoisotopic (exact) mass is 910 g/mol. The van der Waals surface area contributed by atoms with Crippen LogP contribution in [0, 0.1) is 10.1 Å². The van der Waals surface area contributed by atoms with Crippen LogP contribution in [0.5, 0.6) is 0 Å². The van der Waals surface area contributed by atoms with Crippen molar-refractivity contribution in [2.75, 3.05) is 79.7 Å². The summed E-state index contributed by atoms with van der Waals surface area (Å²) in [6.07, 6.45) is 1.62. The SMILES string of the molecule is O=[N+]([O-])c1cc(S(=O)(=O)Nc2ncnc3cc(N4CCN(Cc5cc(Cl)ccc5-c5ccccc5)CC4)ccc23)ccc1NC(CCN1CCOCC1)CS(=O)(=O)c1ccccc1. The highest BCUT2D eigenvalue weighted by Gasteiger charge is 2.28. The van der Waals surface area contributed by atoms with E-state index in [-0.39, 0.29) is 27.0 Å². The number of aromatic nitrogens is 2. The molecule has 6 aromatic rings. The number of sulfonamides is 1. The number of ether oxygens (including phenoxy) is 1. The zero-order valence-electron chi connectivity index (χ0n) is 34.3. The molecule has 15 nitrogen and oxygen atoms in total. The number of anilines is 3. The van der Waals surface area contributed by atoms with Crippen molar-refractivity contribution in [3.05, 3.63) is 142 Å². The fraction of sp³-hybridized carbons (Fsp3) is 0.289. The molecule has 3 heterocycles. The number of morpholine rings is 1. The Morgan fingerprint density at radius 3 is 2.24 bits per heavy atom. The highest BCUT2D eigenvalue weighted by Crippen LogP contribution is 2.33. The van der Waals surface area contributed by atoms with Gasteiger partial charge in [-0.3, -0.25) is 24.6 Å². The van der Waals surface area contributed by atoms with Crippen LogP contribution in [0.4, 0.5) is 22.9 Å². The number of hydrogen-bond acceptors (Lipinski definition) is 13. The Morgan fingerprint density at radius 1 is 0.778 bits per heavy atom. The third-order valence-corrected chi connectivity index (χ3v) is 14.8. The Hall–Kier alpha value is -5.69. The van der Waals surface area contributed by atoms with Crippen molar-refractivity contribution in [1.82, 2.24) is 19.8 Å². The van der Waals surface area contributed by atoms with Crippen molar-refractivity contribution in [2.45, 2.75) is 28.8 Å². The van der Waals surface area contributed by atoms with Crippen LogP contribution in [0.2, 0.25) is 5.02 Å². The second kappa shape index (κ2) is 19.4. The van der Waals surface area contributed by atoms with Crippen molar-refractivity contribution in [3.8, 4) is 11.1 Å². The fourth-order valence-corrected chi connectivity index (χ4v) is 10.8. The van der Waals surface area contributed by atoms with Gasteiger partial charge in [0.1, 0.15) is 12.0 Å². The molecule has 18 heteroatoms. The minimum absolute atomic E-state index is 0.00330. The molecule has 2 N–H and O–H groups in total. The Morgan fingerprint density at radius 2 is 1.51 bits per heavy atom. The fourth-order valence-electron chi connectivity index (χ4n) is 8.03. The molecule has 2 fully saturated rings. The van der Waals surface area contributed by atoms with Gasteiger partial charge in [-0.15, -0.1) is 0 Å². The number of benzene rings is 5. The molecule has 8 rings (SSSR count). The summed E-state index contributed by atoms with van der Waals surface area (Å²) in [6.45, 7) is 6.92. The van der Waals surface area contributed by atoms with Crippen molar-refractivity contribution in [1.29, 1.82) is 0 Å². The number of hydrogen-bond donors (Lipinski definition) is 2. The average Bonchev–Trinajstić information content (AvgIpc) is 3.29. The molecule has 1 aromatic heterocycles. The summed E-state index contributed by atoms with van der Waals surface area (Å²) in [4.78, 5) is 27.0. The molecule has 2 aliphatic heterocycles. The first-order valence-corrected chi connectivity index (χ1v) is 24.1. The maximum Gasteiger partial charge on any atom is 0.293 e. The smallest absolute Gasteiger partial charge is 0.293 e. The number of halogens is 1. The molecule has 0 bridgehead atoms. The molecule has 1 unspecified atom stereocenters. The number of nitro groups is 1. The lowest BCUT2D eigenvalue weighted by Gasteiger charge is -2.36. The molecule has 328 valence electrons. The first-order chi connectivity index (χ1) is 30.4. The van der Waals surface area contributed by atoms with Crippen LogP contribution in [0.1, 0.15) is 12.0 Å². The van der Waals surface area contributed by atoms with E-state index in [2.05, 4.69) is 52.9 Å². The van der Waals surface area contributed by atoms with Crippen LogP contribution in [0.3, 0.4) is 0 Å². The molecule has 0 amide bonds. The second-order valence-electron chi connectivity index (χ2n) is 15.6. The predicted molar refractivity (Wildman–Crippen MR) is 246 cm³/mol. The van der Waals surface area contributed by atoms with Crippen molar-refractivity contribution in [2.24, 2.45) is 0 Å². The summed E-state index contributed by atoms with van der Waals surface area (Å²) in [5.41, 5.74) is 4.39. The van der Waals surface area contributed by atoms with E-state index < -0.39 is 36.5 Å². The van der Waals surface area contributed by atoms with E-state index in [0.29, 0.717) is 55.2 Å². The maximum absolute atomic E-state index is 13.8. The lowest BCUT2D eigenvalue weighted by atomic mass is 9.99. The summed E-state index contributed by atoms with van der Waals surface area (Å²) < 4.78 is 62.6. The molecule has 63 heavy (non-hydrogen) atoms. The van der Waals surface area contributed by atoms with Gasteiger partial charge in [0.05, 0.1) is 39.2 Å². The molecule has 0 radical (unpaired) electrons. The summed E-state index contributed by atoms with van der Waals surface area (Å²) >= 11 is 6.43. The number of nitrogens with one attached hydrogen (secondary N) is 2. The average molecular weight is 912 g/mol. The van der Waals surface area contributed by atoms with Gasteiger partial charge in [0.15, 0.2) is 15.7 Å². The third kappa shape index (κ3) is 10.7. The van der Waals surface area contributed by atoms with E-state index in [1.807, 2.05) is 42.5 Å². The Balaban J connectivity index is 0.958. The van der Waals surface area contributed by atoms with E-state index in [0.717, 1.165) is 61.2 Å². The zero-order chi connectivity index (χ0) is 44.0. The molecule has 2 aliphatic rings. The van der Waals surface area contributed by atoms with Gasteiger partial charge < -0.3 is 15.0 Å². The summed E-state index contributed by atoms with van der Waals surface area (Å²) in [7, 11) is -8.18. The molecule has 2 saturated heterocycles. The largest absolute Gasteiger partial charge is 0.379 e. The highest BCUT2D eigenvalue weighted by atomic mass is 35.5. The maximum atomic E-state index is 13.8. The molecule has 5 aromatic carbocycles. The van der Waals surface area contributed by atoms with E-state index in [1.54, 1.807) is 24.3 Å². The number of sulfone groups is 1. The second-order valence-corrected chi connectivity index (χ2v) is 19.7. The zero-order valence-corrected chi connectivity index (χ0v) is 36.7. The lowest BCUT2D eigenvalue weighted by Crippen LogP contribution is -2.46. The first-order valence-electron chi connectivity index (χ1n) is 20.6. The van der Waals surface area contributed by atoms with Gasteiger partial charge >= 0.3 is 0 Å². The highest BCUT2D eigenvalue weighted by molar-refractivity contribution is 7.92. The summed E-state index contributed by atoms with van der Waals surface area (Å²) in [6, 6.07) is 32.6. The number of piperazine rings is 1. The lowest BCUT2D eigenvalue weighted by molar-refractivity contribution is -0.384. The minimum Gasteiger partial charge on any atom is -0.379 e. The van der Waals surface area contributed by atoms with Crippen LogP contribution in [0.25, 0.3) is 22.0 Å². The third-order valence-electron chi connectivity index (χ3n) is 11.4. The number of nitrogens with zero attached hydrogens (tertiary/aromatic N) is 6. The standard InChI is InChI=1S/C45H47ClN8O7S2/c46-35-11-14-40(33-7-3-1-4-8-33)34(27-35)30-52-19-21-53(22-20-52)37-12-15-41-43(28-37)47-32-48-45(41)50-63(59,60)39-13-16-42(44(29-39)54(55)56)49-36(17-18-51-23-25-61-26-24-51)31-62(57,58)38-9-5-2-6-10-38/h1-16,27-29,32,36,49H,17-26,30-31H2,(H,47,48,50). The van der Waals surface area contributed by atoms with Gasteiger partial charge in [-0.05, 0) is 77.7 Å². The van der Waals surface area contributed by atoms with Crippen molar-refractivity contribution >= 4 is 65.2 Å². The summed E-state index contributed by atoms with van der Waals surface area (Å²) in [5, 5.41) is 16.7. The molecule has 0 aliphatic carbocycles. The number of fused-ring (bicyclic) bond motifs is 1. The number of rotatable bonds is 16. The Bertz CT molecular complexity index is 2790. The molecule has 1 atom stereocenters. The van der Waals surface area contributed by atoms with Gasteiger partial charge in [-0.25, -0.2) is 26.8 Å². The molecular formula is C45H47ClN8O7S2. The molecular weight excluding hydrogens is 864 g/mol. The van der Waals surface area contributed by atoms with Gasteiger partial charge in [0.25, 0.3) is 15.7 Å². The Labute approximate surface area is 371 Å². The topological polar surface area (TPSA) is 180 Å². The summed E-state index contributed by atoms with van der Waals surface area (Å²) in [5.74, 6) is -0.315. The normalized spacial score (nSPS) is 15.9. The van der Waals surface area contributed by atoms with E-state index in [9.17, 15) is 26.9 Å². The van der Waals surface area contributed by atoms with Gasteiger partial charge in [0, 0.05) is 80.6 Å². The van der Waals surface area contributed by atoms with Crippen molar-refractivity contribution < 1.29 is 26.5 Å². The minimum atomic E-state index is -4.39. The van der Waals surface area contributed by atoms with Crippen LogP contribution in [0.15, 0.2) is 131 Å². The van der Waals surface area contributed by atoms with E-state index in [4.69, 9.17) is 16.3 Å². The predicted octanol–water partition coefficient (Wildman–Crippen LogP) is 6.96. The Kier molecular flexibility index (Phi) is 13.5. The van der Waals surface area contributed by atoms with Gasteiger partial charge in [-0.2, -0.15) is 0 Å². The first kappa shape index (κ1) is 43.9. The van der Waals surface area contributed by atoms with E-state index >= 15 is 0 Å². The number of nitro benzene ring substituents is 1. The molecule has 0 spiro atoms. The van der Waals surface area contributed by atoms with Gasteiger partial charge in [0.2, 0.25) is 0 Å². The van der Waals surface area contributed by atoms with Crippen molar-refractivity contribution in [3.63, 3.8) is 0 Å². The van der Waals surface area contributed by atoms with Crippen LogP contribution in [-0.2, 0) is 31.1 Å². The van der Waals surface area contributed by atoms with Crippen LogP contribution in [-0.4, -0.2) is 112 Å². The quantitative estimate of drug-likeness (QED) is 0.0753. The van der Waals surface area contributed by atoms with E-state index in [1.165, 1.54) is 30.6 Å².